The van der Waals surface area contributed by atoms with Crippen molar-refractivity contribution in [2.24, 2.45) is 0 Å². The van der Waals surface area contributed by atoms with Crippen LogP contribution in [0.3, 0.4) is 0 Å². The third-order valence-electron chi connectivity index (χ3n) is 4.41. The summed E-state index contributed by atoms with van der Waals surface area (Å²) in [5.74, 6) is -0.296. The van der Waals surface area contributed by atoms with Gasteiger partial charge in [-0.15, -0.1) is 0 Å². The van der Waals surface area contributed by atoms with Gasteiger partial charge in [-0.2, -0.15) is 5.10 Å². The lowest BCUT2D eigenvalue weighted by Gasteiger charge is -2.22. The number of H-pyrrole nitrogens is 1. The Balaban J connectivity index is 1.49. The highest BCUT2D eigenvalue weighted by molar-refractivity contribution is 5.80. The Hall–Kier alpha value is -2.85. The largest absolute Gasteiger partial charge is 0.389 e. The topological polar surface area (TPSA) is 112 Å². The van der Waals surface area contributed by atoms with Crippen molar-refractivity contribution in [2.45, 2.75) is 19.1 Å². The van der Waals surface area contributed by atoms with Gasteiger partial charge in [-0.1, -0.05) is 12.1 Å². The molecule has 0 saturated carbocycles. The summed E-state index contributed by atoms with van der Waals surface area (Å²) in [6.07, 6.45) is 0.614. The van der Waals surface area contributed by atoms with E-state index in [4.69, 9.17) is 4.74 Å². The van der Waals surface area contributed by atoms with Gasteiger partial charge in [0.15, 0.2) is 0 Å². The first-order chi connectivity index (χ1) is 13.5. The molecular weight excluding hydrogens is 369 g/mol. The molecule has 1 aliphatic rings. The molecule has 2 heterocycles. The lowest BCUT2D eigenvalue weighted by Crippen LogP contribution is -2.39. The zero-order valence-corrected chi connectivity index (χ0v) is 15.3. The molecule has 9 nitrogen and oxygen atoms in total. The van der Waals surface area contributed by atoms with E-state index in [9.17, 15) is 19.1 Å². The zero-order valence-electron chi connectivity index (χ0n) is 15.3. The number of aromatic amines is 1. The molecule has 2 amide bonds. The Morgan fingerprint density at radius 1 is 1.18 bits per heavy atom. The predicted molar refractivity (Wildman–Crippen MR) is 95.3 cm³/mol. The van der Waals surface area contributed by atoms with Gasteiger partial charge in [0.05, 0.1) is 12.5 Å². The number of aliphatic hydroxyl groups is 1. The summed E-state index contributed by atoms with van der Waals surface area (Å²) in [5.41, 5.74) is 0.693. The Morgan fingerprint density at radius 2 is 1.86 bits per heavy atom. The molecule has 1 aromatic carbocycles. The van der Waals surface area contributed by atoms with Crippen LogP contribution in [0.15, 0.2) is 30.6 Å². The Morgan fingerprint density at radius 3 is 2.50 bits per heavy atom. The van der Waals surface area contributed by atoms with E-state index in [1.807, 2.05) is 0 Å². The monoisotopic (exact) mass is 391 g/mol. The van der Waals surface area contributed by atoms with Gasteiger partial charge in [0, 0.05) is 26.2 Å². The van der Waals surface area contributed by atoms with Crippen LogP contribution in [0, 0.1) is 5.82 Å². The average molecular weight is 391 g/mol. The van der Waals surface area contributed by atoms with Crippen LogP contribution in [0.2, 0.25) is 0 Å². The van der Waals surface area contributed by atoms with Gasteiger partial charge in [-0.05, 0) is 17.7 Å². The minimum atomic E-state index is -0.849. The van der Waals surface area contributed by atoms with Crippen molar-refractivity contribution in [1.82, 2.24) is 25.0 Å². The maximum atomic E-state index is 13.0. The number of aromatic nitrogens is 3. The number of hydrogen-bond acceptors (Lipinski definition) is 6. The number of ether oxygens (including phenoxy) is 1. The molecule has 1 saturated heterocycles. The Bertz CT molecular complexity index is 784. The van der Waals surface area contributed by atoms with E-state index >= 15 is 0 Å². The molecule has 2 aromatic rings. The Labute approximate surface area is 161 Å². The van der Waals surface area contributed by atoms with Crippen LogP contribution in [0.1, 0.15) is 11.4 Å². The number of nitrogens with zero attached hydrogens (tertiary/aromatic N) is 4. The minimum absolute atomic E-state index is 0.112. The van der Waals surface area contributed by atoms with Crippen molar-refractivity contribution in [2.75, 3.05) is 32.8 Å². The van der Waals surface area contributed by atoms with Crippen molar-refractivity contribution < 1.29 is 23.8 Å². The summed E-state index contributed by atoms with van der Waals surface area (Å²) < 4.78 is 18.3. The summed E-state index contributed by atoms with van der Waals surface area (Å²) in [6, 6.07) is 5.73. The highest BCUT2D eigenvalue weighted by Gasteiger charge is 2.27. The van der Waals surface area contributed by atoms with Crippen molar-refractivity contribution in [3.05, 3.63) is 47.8 Å². The van der Waals surface area contributed by atoms with E-state index in [0.29, 0.717) is 24.5 Å². The SMILES string of the molecule is O=C(COCc1ncn[nH]1)N1CCN(C(=O)Cc2ccc(F)cc2)CC(O)C1. The number of halogens is 1. The third kappa shape index (κ3) is 5.57. The van der Waals surface area contributed by atoms with Crippen molar-refractivity contribution in [3.63, 3.8) is 0 Å². The van der Waals surface area contributed by atoms with Crippen LogP contribution in [0.4, 0.5) is 4.39 Å². The van der Waals surface area contributed by atoms with Crippen LogP contribution in [-0.4, -0.2) is 80.8 Å². The second kappa shape index (κ2) is 9.38. The fourth-order valence-corrected chi connectivity index (χ4v) is 2.96. The van der Waals surface area contributed by atoms with E-state index in [-0.39, 0.29) is 50.4 Å². The number of amides is 2. The Kier molecular flexibility index (Phi) is 6.66. The van der Waals surface area contributed by atoms with E-state index < -0.39 is 6.10 Å². The van der Waals surface area contributed by atoms with Crippen molar-refractivity contribution >= 4 is 11.8 Å². The zero-order chi connectivity index (χ0) is 19.9. The first-order valence-electron chi connectivity index (χ1n) is 8.91. The van der Waals surface area contributed by atoms with E-state index in [1.54, 1.807) is 12.1 Å². The standard InChI is InChI=1S/C18H22FN5O4/c19-14-3-1-13(2-4-14)7-17(26)23-5-6-24(9-15(25)8-23)18(27)11-28-10-16-20-12-21-22-16/h1-4,12,15,25H,5-11H2,(H,20,21,22). The van der Waals surface area contributed by atoms with Gasteiger partial charge in [-0.3, -0.25) is 14.7 Å². The van der Waals surface area contributed by atoms with Crippen LogP contribution < -0.4 is 0 Å². The molecule has 3 rings (SSSR count). The molecule has 1 atom stereocenters. The quantitative estimate of drug-likeness (QED) is 0.702. The molecule has 1 fully saturated rings. The van der Waals surface area contributed by atoms with Crippen LogP contribution >= 0.6 is 0 Å². The number of hydrogen-bond donors (Lipinski definition) is 2. The summed E-state index contributed by atoms with van der Waals surface area (Å²) in [5, 5.41) is 16.5. The maximum absolute atomic E-state index is 13.0. The predicted octanol–water partition coefficient (Wildman–Crippen LogP) is -0.265. The lowest BCUT2D eigenvalue weighted by molar-refractivity contribution is -0.137. The number of rotatable bonds is 6. The number of benzene rings is 1. The van der Waals surface area contributed by atoms with Gasteiger partial charge in [0.1, 0.15) is 31.2 Å². The molecule has 0 spiro atoms. The molecule has 150 valence electrons. The molecule has 2 N–H and O–H groups in total. The molecular formula is C18H22FN5O4. The number of carbonyl (C=O) groups is 2. The van der Waals surface area contributed by atoms with E-state index in [1.165, 1.54) is 28.3 Å². The van der Waals surface area contributed by atoms with Crippen LogP contribution in [0.25, 0.3) is 0 Å². The number of carbonyl (C=O) groups excluding carboxylic acids is 2. The minimum Gasteiger partial charge on any atom is -0.389 e. The fraction of sp³-hybridized carbons (Fsp3) is 0.444. The molecule has 0 radical (unpaired) electrons. The van der Waals surface area contributed by atoms with Gasteiger partial charge in [0.25, 0.3) is 0 Å². The molecule has 1 aliphatic heterocycles. The molecule has 0 aliphatic carbocycles. The average Bonchev–Trinajstić information content (AvgIpc) is 3.10. The fourth-order valence-electron chi connectivity index (χ4n) is 2.96. The highest BCUT2D eigenvalue weighted by atomic mass is 19.1. The van der Waals surface area contributed by atoms with Crippen LogP contribution in [0.5, 0.6) is 0 Å². The summed E-state index contributed by atoms with van der Waals surface area (Å²) in [7, 11) is 0. The van der Waals surface area contributed by atoms with E-state index in [2.05, 4.69) is 15.2 Å². The first kappa shape index (κ1) is 19.9. The maximum Gasteiger partial charge on any atom is 0.248 e. The lowest BCUT2D eigenvalue weighted by atomic mass is 10.1. The third-order valence-corrected chi connectivity index (χ3v) is 4.41. The molecule has 10 heteroatoms. The van der Waals surface area contributed by atoms with Crippen molar-refractivity contribution in [3.8, 4) is 0 Å². The summed E-state index contributed by atoms with van der Waals surface area (Å²) in [4.78, 5) is 31.7. The number of nitrogens with one attached hydrogen (secondary N) is 1. The molecule has 1 unspecified atom stereocenters. The van der Waals surface area contributed by atoms with Gasteiger partial charge in [0.2, 0.25) is 11.8 Å². The normalized spacial score (nSPS) is 17.4. The van der Waals surface area contributed by atoms with Crippen molar-refractivity contribution in [1.29, 1.82) is 0 Å². The van der Waals surface area contributed by atoms with Gasteiger partial charge in [-0.25, -0.2) is 9.37 Å². The summed E-state index contributed by atoms with van der Waals surface area (Å²) in [6.45, 7) is 0.858. The smallest absolute Gasteiger partial charge is 0.248 e. The van der Waals surface area contributed by atoms with Gasteiger partial charge >= 0.3 is 0 Å². The second-order valence-corrected chi connectivity index (χ2v) is 6.56. The first-order valence-corrected chi connectivity index (χ1v) is 8.91. The number of β-amino-alcohol motifs (C(OH)–C–C–N with tert-alkyl or cyclic N) is 1. The number of aliphatic hydroxyl groups excluding tert-OH is 1. The second-order valence-electron chi connectivity index (χ2n) is 6.56. The van der Waals surface area contributed by atoms with Gasteiger partial charge < -0.3 is 19.6 Å². The highest BCUT2D eigenvalue weighted by Crippen LogP contribution is 2.10. The molecule has 1 aromatic heterocycles. The molecule has 0 bridgehead atoms. The van der Waals surface area contributed by atoms with Crippen LogP contribution in [-0.2, 0) is 27.4 Å². The van der Waals surface area contributed by atoms with E-state index in [0.717, 1.165) is 0 Å². The molecule has 28 heavy (non-hydrogen) atoms. The summed E-state index contributed by atoms with van der Waals surface area (Å²) >= 11 is 0.